The van der Waals surface area contributed by atoms with Crippen LogP contribution in [0.25, 0.3) is 68.1 Å². The number of nitrogens with zero attached hydrogens (tertiary/aromatic N) is 6. The molecule has 262 valence electrons. The summed E-state index contributed by atoms with van der Waals surface area (Å²) in [6.45, 7) is 0. The number of rotatable bonds is 6. The fraction of sp³-hybridized carbons (Fsp3) is 0.0400. The highest BCUT2D eigenvalue weighted by Crippen LogP contribution is 2.56. The van der Waals surface area contributed by atoms with Gasteiger partial charge in [-0.15, -0.1) is 0 Å². The Bertz CT molecular complexity index is 2600. The lowest BCUT2D eigenvalue weighted by atomic mass is 9.61. The normalized spacial score (nSPS) is 14.8. The van der Waals surface area contributed by atoms with Crippen molar-refractivity contribution in [1.29, 1.82) is 0 Å². The highest BCUT2D eigenvalue weighted by Gasteiger charge is 2.41. The molecular weight excluding hydrogens is 685 g/mol. The van der Waals surface area contributed by atoms with Crippen LogP contribution in [-0.4, -0.2) is 29.9 Å². The highest BCUT2D eigenvalue weighted by molar-refractivity contribution is 5.77. The van der Waals surface area contributed by atoms with E-state index in [-0.39, 0.29) is 11.8 Å². The van der Waals surface area contributed by atoms with Crippen LogP contribution in [0.5, 0.6) is 0 Å². The van der Waals surface area contributed by atoms with Gasteiger partial charge in [0.2, 0.25) is 0 Å². The second-order valence-corrected chi connectivity index (χ2v) is 14.3. The quantitative estimate of drug-likeness (QED) is 0.170. The molecule has 3 aliphatic rings. The summed E-state index contributed by atoms with van der Waals surface area (Å²) in [5.74, 6) is 1.48. The van der Waals surface area contributed by atoms with Gasteiger partial charge in [-0.2, -0.15) is 0 Å². The average molecular weight is 717 g/mol. The predicted molar refractivity (Wildman–Crippen MR) is 221 cm³/mol. The van der Waals surface area contributed by atoms with Crippen molar-refractivity contribution in [3.05, 3.63) is 216 Å². The van der Waals surface area contributed by atoms with Crippen molar-refractivity contribution in [1.82, 2.24) is 29.9 Å². The molecule has 0 spiro atoms. The second-order valence-electron chi connectivity index (χ2n) is 14.3. The van der Waals surface area contributed by atoms with Crippen LogP contribution >= 0.6 is 0 Å². The van der Waals surface area contributed by atoms with Crippen LogP contribution in [0.1, 0.15) is 45.2 Å². The van der Waals surface area contributed by atoms with Crippen molar-refractivity contribution in [2.75, 3.05) is 0 Å². The Morgan fingerprint density at radius 1 is 0.268 bits per heavy atom. The molecule has 4 heterocycles. The van der Waals surface area contributed by atoms with Gasteiger partial charge in [-0.1, -0.05) is 121 Å². The zero-order valence-electron chi connectivity index (χ0n) is 30.2. The minimum Gasteiger partial charge on any atom is -0.255 e. The molecular formula is C50H32N6. The minimum absolute atomic E-state index is 0.0587. The maximum atomic E-state index is 5.14. The highest BCUT2D eigenvalue weighted by atomic mass is 14.9. The zero-order valence-corrected chi connectivity index (χ0v) is 30.2. The van der Waals surface area contributed by atoms with Gasteiger partial charge in [0, 0.05) is 46.5 Å². The van der Waals surface area contributed by atoms with E-state index in [0.29, 0.717) is 11.6 Å². The van der Waals surface area contributed by atoms with Gasteiger partial charge < -0.3 is 0 Å². The smallest absolute Gasteiger partial charge is 0.160 e. The monoisotopic (exact) mass is 716 g/mol. The molecule has 2 bridgehead atoms. The molecule has 0 fully saturated rings. The van der Waals surface area contributed by atoms with Crippen molar-refractivity contribution < 1.29 is 0 Å². The summed E-state index contributed by atoms with van der Waals surface area (Å²) in [4.78, 5) is 29.8. The Kier molecular flexibility index (Phi) is 7.52. The first-order valence-corrected chi connectivity index (χ1v) is 18.8. The number of hydrogen-bond acceptors (Lipinski definition) is 6. The fourth-order valence-electron chi connectivity index (χ4n) is 8.45. The second kappa shape index (κ2) is 13.1. The van der Waals surface area contributed by atoms with Gasteiger partial charge >= 0.3 is 0 Å². The Morgan fingerprint density at radius 3 is 1.09 bits per heavy atom. The molecule has 4 aromatic heterocycles. The molecule has 2 atom stereocenters. The van der Waals surface area contributed by atoms with Crippen LogP contribution in [-0.2, 0) is 0 Å². The van der Waals surface area contributed by atoms with Crippen LogP contribution in [0.15, 0.2) is 182 Å². The van der Waals surface area contributed by atoms with Crippen molar-refractivity contribution in [3.8, 4) is 68.1 Å². The van der Waals surface area contributed by atoms with E-state index < -0.39 is 0 Å². The predicted octanol–water partition coefficient (Wildman–Crippen LogP) is 11.0. The summed E-state index contributed by atoms with van der Waals surface area (Å²) in [5.41, 5.74) is 16.9. The van der Waals surface area contributed by atoms with Gasteiger partial charge in [-0.25, -0.2) is 19.9 Å². The molecule has 0 radical (unpaired) electrons. The number of aromatic nitrogens is 6. The van der Waals surface area contributed by atoms with Crippen LogP contribution < -0.4 is 0 Å². The summed E-state index contributed by atoms with van der Waals surface area (Å²) in [5, 5.41) is 0. The topological polar surface area (TPSA) is 77.3 Å². The maximum Gasteiger partial charge on any atom is 0.160 e. The SMILES string of the molecule is c1ccc(-c2cc(-c3ccccn3)nc(-c3ccc4c(c3)C3c5ccccc5[C@H]4c4cc(-c5nc(-c6ccccc6)cc(-c6ccccn6)n5)ccc43)n2)cc1. The van der Waals surface area contributed by atoms with E-state index >= 15 is 0 Å². The summed E-state index contributed by atoms with van der Waals surface area (Å²) in [6.07, 6.45) is 3.61. The first kappa shape index (κ1) is 32.0. The Hall–Kier alpha value is -7.44. The number of hydrogen-bond donors (Lipinski definition) is 0. The zero-order chi connectivity index (χ0) is 37.0. The standard InChI is InChI=1S/C50H32N6/c1-3-13-31(14-4-1)43-29-45(41-19-9-11-25-51-41)55-49(53-43)33-21-23-37-39(27-33)47-35-17-7-8-18-36(35)48(37)40-28-34(22-24-38(40)47)50-54-44(32-15-5-2-6-16-32)30-46(56-50)42-20-10-12-26-52-42/h1-30,47-48H/t47-,48?/m1/s1. The molecule has 0 N–H and O–H groups in total. The van der Waals surface area contributed by atoms with Gasteiger partial charge in [-0.05, 0) is 81.9 Å². The lowest BCUT2D eigenvalue weighted by Gasteiger charge is -2.42. The van der Waals surface area contributed by atoms with Gasteiger partial charge in [0.05, 0.1) is 34.2 Å². The Labute approximate surface area is 324 Å². The van der Waals surface area contributed by atoms with Gasteiger partial charge in [0.25, 0.3) is 0 Å². The Morgan fingerprint density at radius 2 is 0.661 bits per heavy atom. The van der Waals surface area contributed by atoms with E-state index in [0.717, 1.165) is 56.4 Å². The molecule has 6 nitrogen and oxygen atoms in total. The lowest BCUT2D eigenvalue weighted by Crippen LogP contribution is -2.27. The summed E-state index contributed by atoms with van der Waals surface area (Å²) < 4.78 is 0. The van der Waals surface area contributed by atoms with E-state index in [1.165, 1.54) is 33.4 Å². The van der Waals surface area contributed by atoms with E-state index in [9.17, 15) is 0 Å². The van der Waals surface area contributed by atoms with Gasteiger partial charge in [0.15, 0.2) is 11.6 Å². The molecule has 1 unspecified atom stereocenters. The molecule has 0 amide bonds. The van der Waals surface area contributed by atoms with Crippen LogP contribution in [0.2, 0.25) is 0 Å². The first-order chi connectivity index (χ1) is 27.7. The molecule has 0 aliphatic heterocycles. The lowest BCUT2D eigenvalue weighted by molar-refractivity contribution is 0.754. The van der Waals surface area contributed by atoms with E-state index in [2.05, 4.69) is 94.9 Å². The van der Waals surface area contributed by atoms with Crippen molar-refractivity contribution in [3.63, 3.8) is 0 Å². The van der Waals surface area contributed by atoms with Crippen LogP contribution in [0.4, 0.5) is 0 Å². The van der Waals surface area contributed by atoms with Crippen molar-refractivity contribution in [2.45, 2.75) is 11.8 Å². The van der Waals surface area contributed by atoms with Gasteiger partial charge in [0.1, 0.15) is 0 Å². The summed E-state index contributed by atoms with van der Waals surface area (Å²) >= 11 is 0. The average Bonchev–Trinajstić information content (AvgIpc) is 3.29. The molecule has 6 heteroatoms. The number of benzene rings is 5. The molecule has 12 rings (SSSR count). The molecule has 0 saturated carbocycles. The number of pyridine rings is 2. The third kappa shape index (κ3) is 5.42. The molecule has 56 heavy (non-hydrogen) atoms. The molecule has 5 aromatic carbocycles. The maximum absolute atomic E-state index is 5.14. The first-order valence-electron chi connectivity index (χ1n) is 18.8. The minimum atomic E-state index is 0.0587. The molecule has 9 aromatic rings. The van der Waals surface area contributed by atoms with Crippen molar-refractivity contribution in [2.24, 2.45) is 0 Å². The largest absolute Gasteiger partial charge is 0.255 e. The summed E-state index contributed by atoms with van der Waals surface area (Å²) in [6, 6.07) is 58.9. The van der Waals surface area contributed by atoms with Gasteiger partial charge in [-0.3, -0.25) is 9.97 Å². The van der Waals surface area contributed by atoms with Crippen LogP contribution in [0, 0.1) is 0 Å². The summed E-state index contributed by atoms with van der Waals surface area (Å²) in [7, 11) is 0. The van der Waals surface area contributed by atoms with E-state index in [4.69, 9.17) is 19.9 Å². The Balaban J connectivity index is 1.05. The van der Waals surface area contributed by atoms with E-state index in [1.54, 1.807) is 12.4 Å². The van der Waals surface area contributed by atoms with E-state index in [1.807, 2.05) is 84.9 Å². The fourth-order valence-corrected chi connectivity index (χ4v) is 8.45. The molecule has 3 aliphatic carbocycles. The van der Waals surface area contributed by atoms with Crippen molar-refractivity contribution >= 4 is 0 Å². The third-order valence-electron chi connectivity index (χ3n) is 11.0. The molecule has 0 saturated heterocycles. The third-order valence-corrected chi connectivity index (χ3v) is 11.0. The van der Waals surface area contributed by atoms with Crippen LogP contribution in [0.3, 0.4) is 0 Å².